The summed E-state index contributed by atoms with van der Waals surface area (Å²) in [6.07, 6.45) is 5.42. The van der Waals surface area contributed by atoms with E-state index in [1.807, 2.05) is 6.07 Å². The maximum Gasteiger partial charge on any atom is 0.272 e. The number of rotatable bonds is 4. The van der Waals surface area contributed by atoms with E-state index < -0.39 is 10.0 Å². The van der Waals surface area contributed by atoms with Crippen molar-refractivity contribution >= 4 is 32.9 Å². The molecule has 3 heterocycles. The Balaban J connectivity index is 1.72. The average Bonchev–Trinajstić information content (AvgIpc) is 3.04. The van der Waals surface area contributed by atoms with Crippen molar-refractivity contribution < 1.29 is 8.42 Å². The standard InChI is InChI=1S/C14H17N3O2S2/c18-21(19,14-5-4-10-20-14)16-13-7-6-12(11-15-13)17-8-2-1-3-9-17/h4-7,10-11H,1-3,8-9H2,(H,15,16). The van der Waals surface area contributed by atoms with Gasteiger partial charge in [-0.3, -0.25) is 4.72 Å². The Morgan fingerprint density at radius 3 is 2.57 bits per heavy atom. The van der Waals surface area contributed by atoms with E-state index in [2.05, 4.69) is 14.6 Å². The largest absolute Gasteiger partial charge is 0.370 e. The zero-order valence-corrected chi connectivity index (χ0v) is 13.2. The molecule has 2 aromatic heterocycles. The highest BCUT2D eigenvalue weighted by Crippen LogP contribution is 2.22. The quantitative estimate of drug-likeness (QED) is 0.940. The third kappa shape index (κ3) is 3.36. The Bertz CT molecular complexity index is 676. The summed E-state index contributed by atoms with van der Waals surface area (Å²) >= 11 is 1.19. The topological polar surface area (TPSA) is 62.3 Å². The van der Waals surface area contributed by atoms with Crippen LogP contribution in [-0.4, -0.2) is 26.5 Å². The van der Waals surface area contributed by atoms with E-state index in [1.54, 1.807) is 29.8 Å². The minimum absolute atomic E-state index is 0.296. The number of nitrogens with one attached hydrogen (secondary N) is 1. The molecule has 2 aromatic rings. The highest BCUT2D eigenvalue weighted by molar-refractivity contribution is 7.94. The third-order valence-corrected chi connectivity index (χ3v) is 6.22. The normalized spacial score (nSPS) is 15.9. The molecular formula is C14H17N3O2S2. The molecule has 112 valence electrons. The van der Waals surface area contributed by atoms with Crippen LogP contribution in [0.2, 0.25) is 0 Å². The zero-order valence-electron chi connectivity index (χ0n) is 11.5. The molecule has 0 unspecified atom stereocenters. The van der Waals surface area contributed by atoms with E-state index in [-0.39, 0.29) is 0 Å². The van der Waals surface area contributed by atoms with Gasteiger partial charge in [0.1, 0.15) is 10.0 Å². The zero-order chi connectivity index (χ0) is 14.7. The van der Waals surface area contributed by atoms with Gasteiger partial charge in [0, 0.05) is 13.1 Å². The summed E-state index contributed by atoms with van der Waals surface area (Å²) in [5.41, 5.74) is 1.05. The molecule has 7 heteroatoms. The summed E-state index contributed by atoms with van der Waals surface area (Å²) in [5, 5.41) is 1.74. The molecule has 0 atom stereocenters. The first-order valence-corrected chi connectivity index (χ1v) is 9.29. The minimum Gasteiger partial charge on any atom is -0.370 e. The number of anilines is 2. The maximum atomic E-state index is 12.1. The van der Waals surface area contributed by atoms with Gasteiger partial charge in [-0.05, 0) is 42.8 Å². The fourth-order valence-corrected chi connectivity index (χ4v) is 4.39. The smallest absolute Gasteiger partial charge is 0.272 e. The van der Waals surface area contributed by atoms with Crippen LogP contribution in [0.15, 0.2) is 40.1 Å². The summed E-state index contributed by atoms with van der Waals surface area (Å²) in [5.74, 6) is 0.351. The lowest BCUT2D eigenvalue weighted by atomic mass is 10.1. The molecule has 1 aliphatic rings. The highest BCUT2D eigenvalue weighted by atomic mass is 32.2. The van der Waals surface area contributed by atoms with Crippen LogP contribution in [0.3, 0.4) is 0 Å². The van der Waals surface area contributed by atoms with E-state index in [1.165, 1.54) is 30.6 Å². The number of hydrogen-bond acceptors (Lipinski definition) is 5. The molecule has 0 aliphatic carbocycles. The minimum atomic E-state index is -3.52. The molecule has 21 heavy (non-hydrogen) atoms. The molecule has 0 spiro atoms. The SMILES string of the molecule is O=S(=O)(Nc1ccc(N2CCCCC2)cn1)c1cccs1. The number of thiophene rings is 1. The molecule has 0 amide bonds. The van der Waals surface area contributed by atoms with Crippen molar-refractivity contribution in [1.29, 1.82) is 0 Å². The first kappa shape index (κ1) is 14.3. The van der Waals surface area contributed by atoms with Crippen LogP contribution in [-0.2, 0) is 10.0 Å². The first-order valence-electron chi connectivity index (χ1n) is 6.92. The van der Waals surface area contributed by atoms with Crippen LogP contribution in [0.5, 0.6) is 0 Å². The second-order valence-electron chi connectivity index (χ2n) is 4.99. The van der Waals surface area contributed by atoms with Crippen molar-refractivity contribution in [2.24, 2.45) is 0 Å². The Morgan fingerprint density at radius 1 is 1.14 bits per heavy atom. The third-order valence-electron chi connectivity index (χ3n) is 3.47. The number of aromatic nitrogens is 1. The van der Waals surface area contributed by atoms with Crippen molar-refractivity contribution in [2.45, 2.75) is 23.5 Å². The Morgan fingerprint density at radius 2 is 1.95 bits per heavy atom. The summed E-state index contributed by atoms with van der Waals surface area (Å²) < 4.78 is 27.0. The maximum absolute atomic E-state index is 12.1. The molecule has 0 bridgehead atoms. The van der Waals surface area contributed by atoms with Gasteiger partial charge in [-0.2, -0.15) is 0 Å². The number of piperidine rings is 1. The van der Waals surface area contributed by atoms with Gasteiger partial charge in [-0.25, -0.2) is 13.4 Å². The van der Waals surface area contributed by atoms with Crippen molar-refractivity contribution in [3.8, 4) is 0 Å². The average molecular weight is 323 g/mol. The fourth-order valence-electron chi connectivity index (χ4n) is 2.39. The van der Waals surface area contributed by atoms with E-state index in [9.17, 15) is 8.42 Å². The number of hydrogen-bond donors (Lipinski definition) is 1. The van der Waals surface area contributed by atoms with Crippen LogP contribution in [0.4, 0.5) is 11.5 Å². The van der Waals surface area contributed by atoms with Crippen molar-refractivity contribution in [2.75, 3.05) is 22.7 Å². The lowest BCUT2D eigenvalue weighted by Gasteiger charge is -2.28. The van der Waals surface area contributed by atoms with Gasteiger partial charge in [0.25, 0.3) is 10.0 Å². The molecule has 0 radical (unpaired) electrons. The molecule has 1 N–H and O–H groups in total. The molecule has 1 aliphatic heterocycles. The van der Waals surface area contributed by atoms with Gasteiger partial charge >= 0.3 is 0 Å². The van der Waals surface area contributed by atoms with Gasteiger partial charge in [0.15, 0.2) is 0 Å². The van der Waals surface area contributed by atoms with Crippen molar-refractivity contribution in [3.05, 3.63) is 35.8 Å². The molecule has 1 fully saturated rings. The van der Waals surface area contributed by atoms with E-state index >= 15 is 0 Å². The van der Waals surface area contributed by atoms with Crippen molar-refractivity contribution in [3.63, 3.8) is 0 Å². The molecule has 5 nitrogen and oxygen atoms in total. The van der Waals surface area contributed by atoms with Gasteiger partial charge in [-0.15, -0.1) is 11.3 Å². The highest BCUT2D eigenvalue weighted by Gasteiger charge is 2.16. The number of sulfonamides is 1. The molecule has 0 saturated carbocycles. The van der Waals surface area contributed by atoms with Gasteiger partial charge in [0.05, 0.1) is 11.9 Å². The predicted molar refractivity (Wildman–Crippen MR) is 85.4 cm³/mol. The van der Waals surface area contributed by atoms with Crippen LogP contribution >= 0.6 is 11.3 Å². The van der Waals surface area contributed by atoms with Gasteiger partial charge in [-0.1, -0.05) is 6.07 Å². The lowest BCUT2D eigenvalue weighted by Crippen LogP contribution is -2.29. The van der Waals surface area contributed by atoms with Gasteiger partial charge in [0.2, 0.25) is 0 Å². The van der Waals surface area contributed by atoms with E-state index in [4.69, 9.17) is 0 Å². The first-order chi connectivity index (χ1) is 10.1. The van der Waals surface area contributed by atoms with Crippen LogP contribution in [0.1, 0.15) is 19.3 Å². The van der Waals surface area contributed by atoms with Gasteiger partial charge < -0.3 is 4.90 Å². The monoisotopic (exact) mass is 323 g/mol. The molecule has 0 aromatic carbocycles. The summed E-state index contributed by atoms with van der Waals surface area (Å²) in [4.78, 5) is 6.51. The summed E-state index contributed by atoms with van der Waals surface area (Å²) in [6.45, 7) is 2.09. The molecule has 1 saturated heterocycles. The second-order valence-corrected chi connectivity index (χ2v) is 7.84. The van der Waals surface area contributed by atoms with E-state index in [0.29, 0.717) is 10.0 Å². The molecular weight excluding hydrogens is 306 g/mol. The summed E-state index contributed by atoms with van der Waals surface area (Å²) in [6, 6.07) is 6.93. The predicted octanol–water partition coefficient (Wildman–Crippen LogP) is 2.93. The fraction of sp³-hybridized carbons (Fsp3) is 0.357. The van der Waals surface area contributed by atoms with Crippen LogP contribution < -0.4 is 9.62 Å². The Labute approximate surface area is 128 Å². The van der Waals surface area contributed by atoms with E-state index in [0.717, 1.165) is 18.8 Å². The summed E-state index contributed by atoms with van der Waals surface area (Å²) in [7, 11) is -3.52. The Kier molecular flexibility index (Phi) is 4.12. The second kappa shape index (κ2) is 6.03. The number of pyridine rings is 1. The Hall–Kier alpha value is -1.60. The van der Waals surface area contributed by atoms with Crippen LogP contribution in [0.25, 0.3) is 0 Å². The lowest BCUT2D eigenvalue weighted by molar-refractivity contribution is 0.577. The van der Waals surface area contributed by atoms with Crippen molar-refractivity contribution in [1.82, 2.24) is 4.98 Å². The number of nitrogens with zero attached hydrogens (tertiary/aromatic N) is 2. The van der Waals surface area contributed by atoms with Crippen LogP contribution in [0, 0.1) is 0 Å². The molecule has 3 rings (SSSR count).